The second-order valence-electron chi connectivity index (χ2n) is 26.2. The van der Waals surface area contributed by atoms with Crippen molar-refractivity contribution in [2.45, 2.75) is 347 Å². The highest BCUT2D eigenvalue weighted by Gasteiger charge is 2.22. The molecule has 2 unspecified atom stereocenters. The lowest BCUT2D eigenvalue weighted by Gasteiger charge is -2.26. The molecule has 0 aromatic carbocycles. The molecule has 0 saturated heterocycles. The quantitative estimate of drug-likeness (QED) is 0.0195. The number of nitrogens with zero attached hydrogens (tertiary/aromatic N) is 1. The third-order valence-corrected chi connectivity index (χ3v) is 16.3. The maximum absolute atomic E-state index is 13.0. The van der Waals surface area contributed by atoms with Crippen LogP contribution in [0.4, 0.5) is 0 Å². The van der Waals surface area contributed by atoms with Crippen molar-refractivity contribution in [2.75, 3.05) is 47.5 Å². The van der Waals surface area contributed by atoms with E-state index in [1.807, 2.05) is 21.1 Å². The molecule has 0 saturated carbocycles. The van der Waals surface area contributed by atoms with Crippen molar-refractivity contribution in [3.05, 3.63) is 97.2 Å². The van der Waals surface area contributed by atoms with Gasteiger partial charge in [-0.2, -0.15) is 0 Å². The van der Waals surface area contributed by atoms with Gasteiger partial charge < -0.3 is 33.3 Å². The minimum atomic E-state index is -1.63. The van der Waals surface area contributed by atoms with Gasteiger partial charge in [0.15, 0.2) is 12.4 Å². The number of carboxylic acid groups (broad SMARTS) is 1. The second kappa shape index (κ2) is 70.1. The number of unbranched alkanes of at least 4 members (excludes halogenated alkanes) is 38. The Bertz CT molecular complexity index is 1790. The summed E-state index contributed by atoms with van der Waals surface area (Å²) >= 11 is 0. The van der Waals surface area contributed by atoms with Gasteiger partial charge >= 0.3 is 11.9 Å². The van der Waals surface area contributed by atoms with Crippen molar-refractivity contribution in [1.82, 2.24) is 0 Å². The summed E-state index contributed by atoms with van der Waals surface area (Å²) in [7, 11) is 5.94. The van der Waals surface area contributed by atoms with E-state index in [1.54, 1.807) is 0 Å². The van der Waals surface area contributed by atoms with Crippen LogP contribution in [0.25, 0.3) is 0 Å². The number of likely N-dealkylation sites (N-methyl/N-ethyl adjacent to an activating group) is 1. The van der Waals surface area contributed by atoms with E-state index < -0.39 is 24.3 Å². The Morgan fingerprint density at radius 3 is 0.966 bits per heavy atom. The van der Waals surface area contributed by atoms with Gasteiger partial charge in [0.25, 0.3) is 0 Å². The molecule has 0 fully saturated rings. The van der Waals surface area contributed by atoms with E-state index in [9.17, 15) is 19.5 Å². The van der Waals surface area contributed by atoms with E-state index in [1.165, 1.54) is 218 Å². The zero-order valence-electron chi connectivity index (χ0n) is 58.8. The first-order valence-electron chi connectivity index (χ1n) is 37.4. The molecule has 9 heteroatoms. The van der Waals surface area contributed by atoms with Gasteiger partial charge in [-0.3, -0.25) is 9.59 Å². The van der Waals surface area contributed by atoms with Gasteiger partial charge in [-0.05, 0) is 96.3 Å². The van der Waals surface area contributed by atoms with E-state index in [4.69, 9.17) is 18.9 Å². The molecule has 89 heavy (non-hydrogen) atoms. The molecule has 0 aromatic heterocycles. The smallest absolute Gasteiger partial charge is 0.306 e. The predicted octanol–water partition coefficient (Wildman–Crippen LogP) is 22.3. The first-order chi connectivity index (χ1) is 43.6. The van der Waals surface area contributed by atoms with E-state index in [0.717, 1.165) is 83.5 Å². The summed E-state index contributed by atoms with van der Waals surface area (Å²) in [6.07, 6.45) is 93.6. The van der Waals surface area contributed by atoms with E-state index in [0.29, 0.717) is 23.9 Å². The first kappa shape index (κ1) is 85.2. The fourth-order valence-corrected chi connectivity index (χ4v) is 10.6. The van der Waals surface area contributed by atoms with Gasteiger partial charge in [-0.15, -0.1) is 0 Å². The van der Waals surface area contributed by atoms with Crippen LogP contribution in [0.15, 0.2) is 97.2 Å². The van der Waals surface area contributed by atoms with Crippen LogP contribution >= 0.6 is 0 Å². The largest absolute Gasteiger partial charge is 0.545 e. The Labute approximate surface area is 550 Å². The summed E-state index contributed by atoms with van der Waals surface area (Å²) in [5.41, 5.74) is 0. The van der Waals surface area contributed by atoms with Crippen LogP contribution in [0.2, 0.25) is 0 Å². The number of carbonyl (C=O) groups excluding carboxylic acids is 3. The Morgan fingerprint density at radius 2 is 0.640 bits per heavy atom. The van der Waals surface area contributed by atoms with Crippen molar-refractivity contribution >= 4 is 17.9 Å². The third kappa shape index (κ3) is 71.5. The normalized spacial score (nSPS) is 13.2. The number of ether oxygens (including phenoxy) is 4. The zero-order valence-corrected chi connectivity index (χ0v) is 58.8. The summed E-state index contributed by atoms with van der Waals surface area (Å²) in [4.78, 5) is 37.6. The van der Waals surface area contributed by atoms with E-state index in [-0.39, 0.29) is 32.2 Å². The molecule has 0 heterocycles. The van der Waals surface area contributed by atoms with E-state index in [2.05, 4.69) is 111 Å². The maximum atomic E-state index is 13.0. The minimum Gasteiger partial charge on any atom is -0.545 e. The summed E-state index contributed by atoms with van der Waals surface area (Å²) in [5, 5.41) is 11.8. The summed E-state index contributed by atoms with van der Waals surface area (Å²) in [6, 6.07) is 0. The van der Waals surface area contributed by atoms with E-state index >= 15 is 0 Å². The van der Waals surface area contributed by atoms with Gasteiger partial charge in [0.1, 0.15) is 13.2 Å². The molecule has 0 amide bonds. The minimum absolute atomic E-state index is 0.146. The lowest BCUT2D eigenvalue weighted by atomic mass is 10.0. The molecule has 0 rings (SSSR count). The molecule has 0 aliphatic heterocycles. The number of rotatable bonds is 69. The fourth-order valence-electron chi connectivity index (χ4n) is 10.6. The van der Waals surface area contributed by atoms with Crippen molar-refractivity contribution in [2.24, 2.45) is 0 Å². The standard InChI is InChI=1S/C80H141NO8/c1-6-8-10-12-14-16-18-20-22-24-26-28-30-32-34-36-37-38-39-40-41-43-45-47-49-51-53-55-57-59-61-63-65-67-69-71-78(83)89-76(75-88-80(79(84)85)86-73-72-81(3,4)5)74-87-77(82)70-68-66-64-62-60-58-56-54-52-50-48-46-44-42-35-33-31-29-27-25-23-21-19-17-15-13-11-9-7-2/h8,10,14,16,20,22,25-28,32,34,37-38,40-41,76,80H,6-7,9,11-13,15,17-19,21,23-24,29-31,33,35-36,39,42-75H2,1-5H3/b10-8-,16-14-,22-20-,27-25-,28-26-,34-32-,38-37-,41-40-. The molecule has 0 aromatic rings. The van der Waals surface area contributed by atoms with Crippen LogP contribution in [0, 0.1) is 0 Å². The van der Waals surface area contributed by atoms with Crippen LogP contribution < -0.4 is 5.11 Å². The summed E-state index contributed by atoms with van der Waals surface area (Å²) < 4.78 is 22.8. The average Bonchev–Trinajstić information content (AvgIpc) is 3.64. The number of esters is 2. The lowest BCUT2D eigenvalue weighted by Crippen LogP contribution is -2.44. The van der Waals surface area contributed by atoms with Crippen molar-refractivity contribution < 1.29 is 42.9 Å². The number of hydrogen-bond acceptors (Lipinski definition) is 8. The third-order valence-electron chi connectivity index (χ3n) is 16.3. The van der Waals surface area contributed by atoms with Gasteiger partial charge in [-0.1, -0.05) is 323 Å². The molecular formula is C80H141NO8. The molecule has 0 N–H and O–H groups in total. The molecule has 2 atom stereocenters. The molecule has 0 radical (unpaired) electrons. The second-order valence-corrected chi connectivity index (χ2v) is 26.2. The highest BCUT2D eigenvalue weighted by Crippen LogP contribution is 2.18. The average molecular weight is 1250 g/mol. The number of carbonyl (C=O) groups is 3. The molecule has 0 aliphatic rings. The summed E-state index contributed by atoms with van der Waals surface area (Å²) in [6.45, 7) is 4.67. The Morgan fingerprint density at radius 1 is 0.348 bits per heavy atom. The molecule has 0 spiro atoms. The maximum Gasteiger partial charge on any atom is 0.306 e. The van der Waals surface area contributed by atoms with Gasteiger partial charge in [0.2, 0.25) is 0 Å². The predicted molar refractivity (Wildman–Crippen MR) is 380 cm³/mol. The van der Waals surface area contributed by atoms with Gasteiger partial charge in [-0.25, -0.2) is 0 Å². The van der Waals surface area contributed by atoms with Crippen LogP contribution in [-0.4, -0.2) is 82.3 Å². The lowest BCUT2D eigenvalue weighted by molar-refractivity contribution is -0.870. The Hall–Kier alpha value is -3.79. The molecule has 514 valence electrons. The fraction of sp³-hybridized carbons (Fsp3) is 0.762. The van der Waals surface area contributed by atoms with Crippen LogP contribution in [0.5, 0.6) is 0 Å². The van der Waals surface area contributed by atoms with Crippen molar-refractivity contribution in [3.63, 3.8) is 0 Å². The van der Waals surface area contributed by atoms with Crippen molar-refractivity contribution in [1.29, 1.82) is 0 Å². The topological polar surface area (TPSA) is 111 Å². The zero-order chi connectivity index (χ0) is 64.7. The van der Waals surface area contributed by atoms with Crippen LogP contribution in [0.1, 0.15) is 335 Å². The van der Waals surface area contributed by atoms with Crippen LogP contribution in [0.3, 0.4) is 0 Å². The van der Waals surface area contributed by atoms with Gasteiger partial charge in [0, 0.05) is 12.8 Å². The summed E-state index contributed by atoms with van der Waals surface area (Å²) in [5.74, 6) is -2.27. The molecule has 0 bridgehead atoms. The first-order valence-corrected chi connectivity index (χ1v) is 37.4. The van der Waals surface area contributed by atoms with Crippen LogP contribution in [-0.2, 0) is 33.3 Å². The van der Waals surface area contributed by atoms with Crippen molar-refractivity contribution in [3.8, 4) is 0 Å². The monoisotopic (exact) mass is 1240 g/mol. The van der Waals surface area contributed by atoms with Gasteiger partial charge in [0.05, 0.1) is 40.3 Å². The number of quaternary nitrogens is 1. The number of carboxylic acids is 1. The number of aliphatic carboxylic acids is 1. The molecule has 0 aliphatic carbocycles. The Kier molecular flexibility index (Phi) is 67.1. The highest BCUT2D eigenvalue weighted by atomic mass is 16.7. The SMILES string of the molecule is CC/C=C\C/C=C\C/C=C\C/C=C\C/C=C\C/C=C\C/C=C\CCCCCCCCCCCCCCCC(=O)OC(COC(=O)CCCCCCCCCCCCCCCCCCC/C=C\CCCCCCCCCC)COC(OCC[N+](C)(C)C)C(=O)[O-]. The molecule has 9 nitrogen and oxygen atoms in total. The number of hydrogen-bond donors (Lipinski definition) is 0. The number of allylic oxidation sites excluding steroid dienone is 16. The molecular weight excluding hydrogens is 1100 g/mol. The Balaban J connectivity index is 4.08. The highest BCUT2D eigenvalue weighted by molar-refractivity contribution is 5.70.